The largest absolute Gasteiger partial charge is 0.508 e. The Labute approximate surface area is 144 Å². The van der Waals surface area contributed by atoms with Gasteiger partial charge >= 0.3 is 5.97 Å². The van der Waals surface area contributed by atoms with Gasteiger partial charge in [-0.3, -0.25) is 4.79 Å². The summed E-state index contributed by atoms with van der Waals surface area (Å²) >= 11 is 0. The second-order valence-electron chi connectivity index (χ2n) is 6.72. The first kappa shape index (κ1) is 18.1. The van der Waals surface area contributed by atoms with Crippen molar-refractivity contribution in [2.45, 2.75) is 40.0 Å². The van der Waals surface area contributed by atoms with Crippen LogP contribution in [0.1, 0.15) is 40.0 Å². The van der Waals surface area contributed by atoms with Gasteiger partial charge in [0.05, 0.1) is 5.92 Å². The lowest BCUT2D eigenvalue weighted by Gasteiger charge is -2.12. The Morgan fingerprint density at radius 2 is 1.46 bits per heavy atom. The zero-order valence-electron chi connectivity index (χ0n) is 14.7. The van der Waals surface area contributed by atoms with E-state index >= 15 is 0 Å². The van der Waals surface area contributed by atoms with E-state index < -0.39 is 0 Å². The zero-order chi connectivity index (χ0) is 17.5. The second-order valence-corrected chi connectivity index (χ2v) is 6.72. The molecule has 0 saturated heterocycles. The van der Waals surface area contributed by atoms with Crippen molar-refractivity contribution in [3.63, 3.8) is 0 Å². The van der Waals surface area contributed by atoms with Crippen LogP contribution >= 0.6 is 0 Å². The molecule has 0 aromatic heterocycles. The lowest BCUT2D eigenvalue weighted by Crippen LogP contribution is -2.17. The third kappa shape index (κ3) is 5.41. The molecule has 0 heterocycles. The van der Waals surface area contributed by atoms with Crippen LogP contribution in [0.5, 0.6) is 11.5 Å². The van der Waals surface area contributed by atoms with E-state index in [0.29, 0.717) is 11.7 Å². The van der Waals surface area contributed by atoms with E-state index in [1.807, 2.05) is 31.2 Å². The van der Waals surface area contributed by atoms with Gasteiger partial charge in [0.15, 0.2) is 0 Å². The van der Waals surface area contributed by atoms with Crippen LogP contribution in [-0.4, -0.2) is 11.1 Å². The van der Waals surface area contributed by atoms with Gasteiger partial charge in [0.2, 0.25) is 0 Å². The molecule has 2 aromatic carbocycles. The van der Waals surface area contributed by atoms with Crippen molar-refractivity contribution in [1.29, 1.82) is 0 Å². The van der Waals surface area contributed by atoms with Gasteiger partial charge in [-0.15, -0.1) is 0 Å². The maximum Gasteiger partial charge on any atom is 0.314 e. The Hall–Kier alpha value is -2.29. The van der Waals surface area contributed by atoms with Crippen molar-refractivity contribution < 1.29 is 14.6 Å². The van der Waals surface area contributed by atoms with Crippen molar-refractivity contribution in [3.8, 4) is 22.6 Å². The van der Waals surface area contributed by atoms with Crippen molar-refractivity contribution in [2.75, 3.05) is 0 Å². The summed E-state index contributed by atoms with van der Waals surface area (Å²) in [6, 6.07) is 14.5. The molecule has 128 valence electrons. The summed E-state index contributed by atoms with van der Waals surface area (Å²) in [7, 11) is 0. The number of phenols is 1. The normalized spacial score (nSPS) is 12.2. The summed E-state index contributed by atoms with van der Waals surface area (Å²) in [6.45, 7) is 6.31. The van der Waals surface area contributed by atoms with Crippen LogP contribution in [0.15, 0.2) is 48.5 Å². The monoisotopic (exact) mass is 326 g/mol. The molecule has 3 nitrogen and oxygen atoms in total. The summed E-state index contributed by atoms with van der Waals surface area (Å²) in [5.74, 6) is 1.23. The van der Waals surface area contributed by atoms with Gasteiger partial charge < -0.3 is 9.84 Å². The van der Waals surface area contributed by atoms with Crippen molar-refractivity contribution in [1.82, 2.24) is 0 Å². The minimum Gasteiger partial charge on any atom is -0.508 e. The number of rotatable bonds is 7. The zero-order valence-corrected chi connectivity index (χ0v) is 14.7. The number of esters is 1. The number of hydrogen-bond acceptors (Lipinski definition) is 3. The molecule has 0 spiro atoms. The third-order valence-corrected chi connectivity index (χ3v) is 4.09. The molecule has 0 aliphatic rings. The lowest BCUT2D eigenvalue weighted by molar-refractivity contribution is -0.138. The molecule has 0 amide bonds. The van der Waals surface area contributed by atoms with E-state index in [2.05, 4.69) is 13.8 Å². The number of carbonyl (C=O) groups is 1. The molecule has 0 saturated carbocycles. The molecule has 3 heteroatoms. The maximum atomic E-state index is 12.1. The summed E-state index contributed by atoms with van der Waals surface area (Å²) < 4.78 is 5.46. The Bertz CT molecular complexity index is 642. The Balaban J connectivity index is 1.91. The van der Waals surface area contributed by atoms with Gasteiger partial charge in [-0.1, -0.05) is 57.9 Å². The van der Waals surface area contributed by atoms with Crippen LogP contribution < -0.4 is 4.74 Å². The van der Waals surface area contributed by atoms with Crippen LogP contribution in [-0.2, 0) is 4.79 Å². The van der Waals surface area contributed by atoms with Crippen LogP contribution in [0.25, 0.3) is 11.1 Å². The average molecular weight is 326 g/mol. The molecule has 2 rings (SSSR count). The number of phenolic OH excluding ortho intramolecular Hbond substituents is 1. The lowest BCUT2D eigenvalue weighted by atomic mass is 10.00. The fourth-order valence-electron chi connectivity index (χ4n) is 2.54. The molecule has 1 N–H and O–H groups in total. The Kier molecular flexibility index (Phi) is 6.42. The highest BCUT2D eigenvalue weighted by atomic mass is 16.5. The van der Waals surface area contributed by atoms with E-state index in [-0.39, 0.29) is 17.6 Å². The van der Waals surface area contributed by atoms with Crippen LogP contribution in [0.2, 0.25) is 0 Å². The summed E-state index contributed by atoms with van der Waals surface area (Å²) in [4.78, 5) is 12.1. The summed E-state index contributed by atoms with van der Waals surface area (Å²) in [5, 5.41) is 9.33. The predicted octanol–water partition coefficient (Wildman–Crippen LogP) is 5.43. The minimum atomic E-state index is -0.170. The minimum absolute atomic E-state index is 0.0828. The first-order chi connectivity index (χ1) is 11.5. The highest BCUT2D eigenvalue weighted by molar-refractivity contribution is 5.75. The van der Waals surface area contributed by atoms with Crippen molar-refractivity contribution in [3.05, 3.63) is 48.5 Å². The molecular formula is C21H26O3. The molecule has 0 radical (unpaired) electrons. The standard InChI is InChI=1S/C21H26O3/c1-15(2)5-4-6-16(3)21(23)24-20-13-9-18(10-14-20)17-7-11-19(22)12-8-17/h7-16,22H,4-6H2,1-3H3. The molecule has 1 atom stereocenters. The molecule has 0 aliphatic heterocycles. The summed E-state index contributed by atoms with van der Waals surface area (Å²) in [6.07, 6.45) is 3.05. The second kappa shape index (κ2) is 8.53. The Morgan fingerprint density at radius 1 is 0.917 bits per heavy atom. The number of ether oxygens (including phenoxy) is 1. The molecule has 0 bridgehead atoms. The highest BCUT2D eigenvalue weighted by Crippen LogP contribution is 2.25. The highest BCUT2D eigenvalue weighted by Gasteiger charge is 2.15. The number of carbonyl (C=O) groups excluding carboxylic acids is 1. The molecule has 0 fully saturated rings. The fourth-order valence-corrected chi connectivity index (χ4v) is 2.54. The summed E-state index contributed by atoms with van der Waals surface area (Å²) in [5.41, 5.74) is 2.02. The van der Waals surface area contributed by atoms with Gasteiger partial charge in [0.25, 0.3) is 0 Å². The molecule has 0 aliphatic carbocycles. The Morgan fingerprint density at radius 3 is 2.00 bits per heavy atom. The van der Waals surface area contributed by atoms with E-state index in [1.54, 1.807) is 24.3 Å². The van der Waals surface area contributed by atoms with Gasteiger partial charge in [0.1, 0.15) is 11.5 Å². The van der Waals surface area contributed by atoms with Crippen molar-refractivity contribution >= 4 is 5.97 Å². The average Bonchev–Trinajstić information content (AvgIpc) is 2.56. The molecule has 2 aromatic rings. The van der Waals surface area contributed by atoms with E-state index in [0.717, 1.165) is 30.4 Å². The van der Waals surface area contributed by atoms with Crippen LogP contribution in [0.3, 0.4) is 0 Å². The van der Waals surface area contributed by atoms with Gasteiger partial charge in [0, 0.05) is 0 Å². The van der Waals surface area contributed by atoms with Gasteiger partial charge in [-0.25, -0.2) is 0 Å². The number of aromatic hydroxyl groups is 1. The van der Waals surface area contributed by atoms with Crippen LogP contribution in [0.4, 0.5) is 0 Å². The van der Waals surface area contributed by atoms with E-state index in [1.165, 1.54) is 0 Å². The van der Waals surface area contributed by atoms with Gasteiger partial charge in [-0.2, -0.15) is 0 Å². The van der Waals surface area contributed by atoms with E-state index in [4.69, 9.17) is 4.74 Å². The predicted molar refractivity (Wildman–Crippen MR) is 97.0 cm³/mol. The first-order valence-electron chi connectivity index (χ1n) is 8.57. The maximum absolute atomic E-state index is 12.1. The topological polar surface area (TPSA) is 46.5 Å². The molecular weight excluding hydrogens is 300 g/mol. The third-order valence-electron chi connectivity index (χ3n) is 4.09. The SMILES string of the molecule is CC(C)CCCC(C)C(=O)Oc1ccc(-c2ccc(O)cc2)cc1. The first-order valence-corrected chi connectivity index (χ1v) is 8.57. The van der Waals surface area contributed by atoms with E-state index in [9.17, 15) is 9.90 Å². The van der Waals surface area contributed by atoms with Gasteiger partial charge in [-0.05, 0) is 47.7 Å². The van der Waals surface area contributed by atoms with Crippen molar-refractivity contribution in [2.24, 2.45) is 11.8 Å². The smallest absolute Gasteiger partial charge is 0.314 e. The number of benzene rings is 2. The molecule has 1 unspecified atom stereocenters. The fraction of sp³-hybridized carbons (Fsp3) is 0.381. The quantitative estimate of drug-likeness (QED) is 0.545. The molecule has 24 heavy (non-hydrogen) atoms. The van der Waals surface area contributed by atoms with Crippen LogP contribution in [0, 0.1) is 11.8 Å². The number of hydrogen-bond donors (Lipinski definition) is 1.